The highest BCUT2D eigenvalue weighted by Crippen LogP contribution is 2.21. The lowest BCUT2D eigenvalue weighted by atomic mass is 10.0. The second-order valence-corrected chi connectivity index (χ2v) is 3.81. The average molecular weight is 194 g/mol. The van der Waals surface area contributed by atoms with Crippen LogP contribution in [0.3, 0.4) is 0 Å². The summed E-state index contributed by atoms with van der Waals surface area (Å²) in [6.45, 7) is 2.75. The number of aromatic nitrogens is 1. The predicted molar refractivity (Wildman–Crippen MR) is 53.5 cm³/mol. The molecule has 1 aliphatic heterocycles. The summed E-state index contributed by atoms with van der Waals surface area (Å²) >= 11 is 0. The molecule has 1 aromatic heterocycles. The van der Waals surface area contributed by atoms with Crippen LogP contribution in [0.25, 0.3) is 0 Å². The van der Waals surface area contributed by atoms with E-state index in [9.17, 15) is 4.39 Å². The molecule has 1 N–H and O–H groups in total. The van der Waals surface area contributed by atoms with Crippen molar-refractivity contribution in [2.24, 2.45) is 0 Å². The first-order valence-corrected chi connectivity index (χ1v) is 5.14. The van der Waals surface area contributed by atoms with Gasteiger partial charge in [0.05, 0.1) is 11.4 Å². The molecule has 0 aromatic carbocycles. The topological polar surface area (TPSA) is 24.9 Å². The molecule has 1 saturated heterocycles. The molecule has 3 heteroatoms. The summed E-state index contributed by atoms with van der Waals surface area (Å²) in [5, 5.41) is 3.40. The highest BCUT2D eigenvalue weighted by atomic mass is 19.1. The second kappa shape index (κ2) is 4.05. The summed E-state index contributed by atoms with van der Waals surface area (Å²) in [6, 6.07) is 3.61. The molecule has 1 aromatic rings. The maximum Gasteiger partial charge on any atom is 0.144 e. The van der Waals surface area contributed by atoms with Crippen molar-refractivity contribution in [1.82, 2.24) is 10.3 Å². The summed E-state index contributed by atoms with van der Waals surface area (Å²) in [4.78, 5) is 4.26. The van der Waals surface area contributed by atoms with Gasteiger partial charge in [0, 0.05) is 6.04 Å². The minimum atomic E-state index is -0.218. The summed E-state index contributed by atoms with van der Waals surface area (Å²) in [7, 11) is 0. The SMILES string of the molecule is Cc1nc([C@@H]2CCCCN2)ccc1F. The summed E-state index contributed by atoms with van der Waals surface area (Å²) in [6.07, 6.45) is 3.57. The zero-order chi connectivity index (χ0) is 9.97. The van der Waals surface area contributed by atoms with Crippen LogP contribution in [0.5, 0.6) is 0 Å². The van der Waals surface area contributed by atoms with E-state index in [0.29, 0.717) is 11.7 Å². The molecule has 76 valence electrons. The number of halogens is 1. The molecule has 0 radical (unpaired) electrons. The van der Waals surface area contributed by atoms with Crippen LogP contribution in [0.4, 0.5) is 4.39 Å². The normalized spacial score (nSPS) is 22.3. The van der Waals surface area contributed by atoms with E-state index in [1.54, 1.807) is 13.0 Å². The molecule has 1 fully saturated rings. The molecule has 1 atom stereocenters. The molecule has 0 bridgehead atoms. The van der Waals surface area contributed by atoms with Crippen molar-refractivity contribution in [2.45, 2.75) is 32.2 Å². The van der Waals surface area contributed by atoms with Gasteiger partial charge in [-0.05, 0) is 38.4 Å². The van der Waals surface area contributed by atoms with E-state index in [1.165, 1.54) is 18.9 Å². The van der Waals surface area contributed by atoms with Crippen molar-refractivity contribution in [1.29, 1.82) is 0 Å². The van der Waals surface area contributed by atoms with Crippen LogP contribution in [0.1, 0.15) is 36.7 Å². The number of piperidine rings is 1. The van der Waals surface area contributed by atoms with Gasteiger partial charge in [-0.15, -0.1) is 0 Å². The van der Waals surface area contributed by atoms with Gasteiger partial charge in [-0.25, -0.2) is 4.39 Å². The Balaban J connectivity index is 2.18. The first kappa shape index (κ1) is 9.59. The smallest absolute Gasteiger partial charge is 0.144 e. The number of hydrogen-bond donors (Lipinski definition) is 1. The quantitative estimate of drug-likeness (QED) is 0.742. The molecule has 0 amide bonds. The number of hydrogen-bond acceptors (Lipinski definition) is 2. The Labute approximate surface area is 83.6 Å². The first-order chi connectivity index (χ1) is 6.77. The lowest BCUT2D eigenvalue weighted by Gasteiger charge is -2.23. The van der Waals surface area contributed by atoms with Crippen molar-refractivity contribution >= 4 is 0 Å². The number of pyridine rings is 1. The third-order valence-electron chi connectivity index (χ3n) is 2.71. The minimum absolute atomic E-state index is 0.218. The van der Waals surface area contributed by atoms with E-state index in [4.69, 9.17) is 0 Å². The first-order valence-electron chi connectivity index (χ1n) is 5.14. The van der Waals surface area contributed by atoms with E-state index in [-0.39, 0.29) is 5.82 Å². The van der Waals surface area contributed by atoms with Gasteiger partial charge in [0.1, 0.15) is 5.82 Å². The van der Waals surface area contributed by atoms with Crippen LogP contribution in [0, 0.1) is 12.7 Å². The third-order valence-corrected chi connectivity index (χ3v) is 2.71. The van der Waals surface area contributed by atoms with Crippen LogP contribution in [-0.2, 0) is 0 Å². The summed E-state index contributed by atoms with van der Waals surface area (Å²) in [5.41, 5.74) is 1.47. The van der Waals surface area contributed by atoms with Crippen LogP contribution in [0.2, 0.25) is 0 Å². The molecule has 0 saturated carbocycles. The van der Waals surface area contributed by atoms with E-state index in [1.807, 2.05) is 0 Å². The highest BCUT2D eigenvalue weighted by molar-refractivity contribution is 5.15. The van der Waals surface area contributed by atoms with E-state index < -0.39 is 0 Å². The van der Waals surface area contributed by atoms with Crippen molar-refractivity contribution in [3.63, 3.8) is 0 Å². The molecule has 0 spiro atoms. The van der Waals surface area contributed by atoms with Crippen molar-refractivity contribution in [2.75, 3.05) is 6.54 Å². The Hall–Kier alpha value is -0.960. The lowest BCUT2D eigenvalue weighted by Crippen LogP contribution is -2.27. The van der Waals surface area contributed by atoms with E-state index >= 15 is 0 Å². The zero-order valence-corrected chi connectivity index (χ0v) is 8.39. The molecular formula is C11H15FN2. The fourth-order valence-corrected chi connectivity index (χ4v) is 1.86. The lowest BCUT2D eigenvalue weighted by molar-refractivity contribution is 0.404. The minimum Gasteiger partial charge on any atom is -0.309 e. The van der Waals surface area contributed by atoms with Crippen LogP contribution in [0.15, 0.2) is 12.1 Å². The second-order valence-electron chi connectivity index (χ2n) is 3.81. The Bertz CT molecular complexity index is 319. The van der Waals surface area contributed by atoms with Gasteiger partial charge in [0.2, 0.25) is 0 Å². The number of aryl methyl sites for hydroxylation is 1. The standard InChI is InChI=1S/C11H15FN2/c1-8-9(12)5-6-11(14-8)10-4-2-3-7-13-10/h5-6,10,13H,2-4,7H2,1H3/t10-/m0/s1. The van der Waals surface area contributed by atoms with Gasteiger partial charge in [-0.2, -0.15) is 0 Å². The fourth-order valence-electron chi connectivity index (χ4n) is 1.86. The summed E-state index contributed by atoms with van der Waals surface area (Å²) < 4.78 is 13.0. The molecule has 2 rings (SSSR count). The van der Waals surface area contributed by atoms with Crippen LogP contribution < -0.4 is 5.32 Å². The highest BCUT2D eigenvalue weighted by Gasteiger charge is 2.16. The Morgan fingerprint density at radius 2 is 2.29 bits per heavy atom. The number of nitrogens with one attached hydrogen (secondary N) is 1. The Morgan fingerprint density at radius 3 is 2.93 bits per heavy atom. The third kappa shape index (κ3) is 1.93. The fraction of sp³-hybridized carbons (Fsp3) is 0.545. The zero-order valence-electron chi connectivity index (χ0n) is 8.39. The van der Waals surface area contributed by atoms with Gasteiger partial charge in [0.25, 0.3) is 0 Å². The molecule has 0 aliphatic carbocycles. The maximum atomic E-state index is 13.0. The van der Waals surface area contributed by atoms with Gasteiger partial charge in [-0.1, -0.05) is 6.42 Å². The largest absolute Gasteiger partial charge is 0.309 e. The molecule has 14 heavy (non-hydrogen) atoms. The monoisotopic (exact) mass is 194 g/mol. The molecule has 2 nitrogen and oxygen atoms in total. The van der Waals surface area contributed by atoms with Gasteiger partial charge >= 0.3 is 0 Å². The van der Waals surface area contributed by atoms with Crippen molar-refractivity contribution in [3.8, 4) is 0 Å². The van der Waals surface area contributed by atoms with Crippen molar-refractivity contribution in [3.05, 3.63) is 29.3 Å². The van der Waals surface area contributed by atoms with E-state index in [2.05, 4.69) is 10.3 Å². The van der Waals surface area contributed by atoms with Gasteiger partial charge in [-0.3, -0.25) is 4.98 Å². The predicted octanol–water partition coefficient (Wildman–Crippen LogP) is 2.34. The maximum absolute atomic E-state index is 13.0. The van der Waals surface area contributed by atoms with Crippen LogP contribution in [-0.4, -0.2) is 11.5 Å². The molecular weight excluding hydrogens is 179 g/mol. The molecule has 1 aliphatic rings. The van der Waals surface area contributed by atoms with Crippen molar-refractivity contribution < 1.29 is 4.39 Å². The number of nitrogens with zero attached hydrogens (tertiary/aromatic N) is 1. The van der Waals surface area contributed by atoms with Gasteiger partial charge in [0.15, 0.2) is 0 Å². The van der Waals surface area contributed by atoms with Crippen LogP contribution >= 0.6 is 0 Å². The molecule has 0 unspecified atom stereocenters. The molecule has 2 heterocycles. The average Bonchev–Trinajstić information content (AvgIpc) is 2.23. The van der Waals surface area contributed by atoms with Gasteiger partial charge < -0.3 is 5.32 Å². The Morgan fingerprint density at radius 1 is 1.43 bits per heavy atom. The summed E-state index contributed by atoms with van der Waals surface area (Å²) in [5.74, 6) is -0.218. The number of rotatable bonds is 1. The van der Waals surface area contributed by atoms with E-state index in [0.717, 1.165) is 18.7 Å². The Kier molecular flexibility index (Phi) is 2.77.